The van der Waals surface area contributed by atoms with Gasteiger partial charge in [0, 0.05) is 24.1 Å². The molecule has 0 aliphatic rings. The van der Waals surface area contributed by atoms with Crippen molar-refractivity contribution in [2.75, 3.05) is 11.4 Å². The van der Waals surface area contributed by atoms with E-state index in [0.717, 1.165) is 10.9 Å². The predicted octanol–water partition coefficient (Wildman–Crippen LogP) is 3.72. The van der Waals surface area contributed by atoms with Gasteiger partial charge in [-0.1, -0.05) is 48.6 Å². The van der Waals surface area contributed by atoms with Gasteiger partial charge in [0.1, 0.15) is 4.90 Å². The van der Waals surface area contributed by atoms with Gasteiger partial charge in [0.15, 0.2) is 0 Å². The number of hydrogen-bond acceptors (Lipinski definition) is 3. The molecule has 0 aliphatic heterocycles. The first-order valence-corrected chi connectivity index (χ1v) is 8.51. The van der Waals surface area contributed by atoms with E-state index in [4.69, 9.17) is 12.2 Å². The molecule has 0 atom stereocenters. The first-order chi connectivity index (χ1) is 10.5. The van der Waals surface area contributed by atoms with E-state index in [0.29, 0.717) is 10.2 Å². The maximum absolute atomic E-state index is 12.8. The molecular formula is C16H14N2O2S2. The van der Waals surface area contributed by atoms with Gasteiger partial charge in [-0.3, -0.25) is 4.31 Å². The van der Waals surface area contributed by atoms with Crippen molar-refractivity contribution < 1.29 is 8.42 Å². The number of hydrogen-bond donors (Lipinski definition) is 1. The molecule has 0 aliphatic carbocycles. The van der Waals surface area contributed by atoms with Crippen LogP contribution in [-0.4, -0.2) is 20.4 Å². The number of nitrogens with zero attached hydrogens (tertiary/aromatic N) is 1. The van der Waals surface area contributed by atoms with Crippen LogP contribution in [0.25, 0.3) is 10.9 Å². The van der Waals surface area contributed by atoms with Gasteiger partial charge >= 0.3 is 0 Å². The number of nitrogens with one attached hydrogen (secondary N) is 1. The number of aromatic nitrogens is 1. The lowest BCUT2D eigenvalue weighted by molar-refractivity contribution is 0.594. The molecule has 0 saturated heterocycles. The lowest BCUT2D eigenvalue weighted by Crippen LogP contribution is -2.26. The van der Waals surface area contributed by atoms with Crippen molar-refractivity contribution in [3.63, 3.8) is 0 Å². The van der Waals surface area contributed by atoms with Crippen LogP contribution in [0.3, 0.4) is 0 Å². The lowest BCUT2D eigenvalue weighted by atomic mass is 10.2. The smallest absolute Gasteiger partial charge is 0.266 e. The number of sulfonamides is 1. The standard InChI is InChI=1S/C16H14N2O2S2/c1-18(12-7-3-2-4-8-12)22(19,20)15-11-17-14-10-6-5-9-13(14)16(15)21/h2-11H,1H3,(H,17,21). The second-order valence-electron chi connectivity index (χ2n) is 4.84. The zero-order valence-corrected chi connectivity index (χ0v) is 13.5. The van der Waals surface area contributed by atoms with E-state index < -0.39 is 10.0 Å². The summed E-state index contributed by atoms with van der Waals surface area (Å²) in [6, 6.07) is 16.3. The molecule has 2 aromatic carbocycles. The van der Waals surface area contributed by atoms with Crippen LogP contribution in [0.15, 0.2) is 65.7 Å². The SMILES string of the molecule is CN(c1ccccc1)S(=O)(=O)c1c[nH]c2ccccc2c1=S. The molecule has 6 heteroatoms. The number of H-pyrrole nitrogens is 1. The number of para-hydroxylation sites is 2. The summed E-state index contributed by atoms with van der Waals surface area (Å²) in [5, 5.41) is 0.722. The Hall–Kier alpha value is -2.18. The van der Waals surface area contributed by atoms with Gasteiger partial charge in [-0.15, -0.1) is 0 Å². The van der Waals surface area contributed by atoms with E-state index in [-0.39, 0.29) is 4.90 Å². The van der Waals surface area contributed by atoms with Crippen molar-refractivity contribution >= 4 is 38.8 Å². The molecule has 3 aromatic rings. The first kappa shape index (κ1) is 14.7. The number of fused-ring (bicyclic) bond motifs is 1. The fourth-order valence-electron chi connectivity index (χ4n) is 2.26. The number of anilines is 1. The third-order valence-corrected chi connectivity index (χ3v) is 5.89. The van der Waals surface area contributed by atoms with Crippen molar-refractivity contribution in [2.45, 2.75) is 4.90 Å². The topological polar surface area (TPSA) is 53.2 Å². The van der Waals surface area contributed by atoms with Crippen LogP contribution in [0.4, 0.5) is 5.69 Å². The Balaban J connectivity index is 2.18. The summed E-state index contributed by atoms with van der Waals surface area (Å²) in [5.41, 5.74) is 1.40. The fourth-order valence-corrected chi connectivity index (χ4v) is 4.06. The molecule has 0 bridgehead atoms. The molecule has 1 N–H and O–H groups in total. The van der Waals surface area contributed by atoms with Crippen molar-refractivity contribution in [2.24, 2.45) is 0 Å². The minimum Gasteiger partial charge on any atom is -0.360 e. The van der Waals surface area contributed by atoms with E-state index in [1.807, 2.05) is 30.3 Å². The zero-order valence-electron chi connectivity index (χ0n) is 11.9. The molecule has 3 rings (SSSR count). The van der Waals surface area contributed by atoms with Crippen molar-refractivity contribution in [1.29, 1.82) is 0 Å². The van der Waals surface area contributed by atoms with Gasteiger partial charge in [0.25, 0.3) is 10.0 Å². The number of benzene rings is 2. The molecule has 1 aromatic heterocycles. The Labute approximate surface area is 134 Å². The van der Waals surface area contributed by atoms with Crippen LogP contribution in [0.1, 0.15) is 0 Å². The Kier molecular flexibility index (Phi) is 3.72. The highest BCUT2D eigenvalue weighted by molar-refractivity contribution is 7.93. The van der Waals surface area contributed by atoms with Crippen LogP contribution < -0.4 is 4.31 Å². The largest absolute Gasteiger partial charge is 0.360 e. The predicted molar refractivity (Wildman–Crippen MR) is 91.2 cm³/mol. The molecular weight excluding hydrogens is 316 g/mol. The van der Waals surface area contributed by atoms with E-state index >= 15 is 0 Å². The second kappa shape index (κ2) is 5.55. The normalized spacial score (nSPS) is 11.5. The molecule has 0 saturated carbocycles. The van der Waals surface area contributed by atoms with Gasteiger partial charge in [-0.05, 0) is 18.2 Å². The van der Waals surface area contributed by atoms with E-state index in [1.54, 1.807) is 24.3 Å². The van der Waals surface area contributed by atoms with E-state index in [2.05, 4.69) is 4.98 Å². The van der Waals surface area contributed by atoms with Crippen LogP contribution >= 0.6 is 12.2 Å². The molecule has 0 fully saturated rings. The highest BCUT2D eigenvalue weighted by Gasteiger charge is 2.23. The molecule has 1 heterocycles. The van der Waals surface area contributed by atoms with Crippen LogP contribution in [0.2, 0.25) is 0 Å². The second-order valence-corrected chi connectivity index (χ2v) is 7.18. The molecule has 0 spiro atoms. The van der Waals surface area contributed by atoms with Crippen molar-refractivity contribution in [1.82, 2.24) is 4.98 Å². The van der Waals surface area contributed by atoms with Gasteiger partial charge in [0.05, 0.1) is 10.2 Å². The number of pyridine rings is 1. The van der Waals surface area contributed by atoms with Gasteiger partial charge in [0.2, 0.25) is 0 Å². The van der Waals surface area contributed by atoms with E-state index in [1.165, 1.54) is 17.5 Å². The first-order valence-electron chi connectivity index (χ1n) is 6.66. The molecule has 0 amide bonds. The number of aromatic amines is 1. The minimum atomic E-state index is -3.72. The van der Waals surface area contributed by atoms with Crippen LogP contribution in [0, 0.1) is 4.51 Å². The highest BCUT2D eigenvalue weighted by Crippen LogP contribution is 2.25. The summed E-state index contributed by atoms with van der Waals surface area (Å²) in [4.78, 5) is 3.10. The highest BCUT2D eigenvalue weighted by atomic mass is 32.2. The zero-order chi connectivity index (χ0) is 15.7. The van der Waals surface area contributed by atoms with Crippen LogP contribution in [-0.2, 0) is 10.0 Å². The Morgan fingerprint density at radius 2 is 1.64 bits per heavy atom. The van der Waals surface area contributed by atoms with Gasteiger partial charge in [-0.2, -0.15) is 0 Å². The van der Waals surface area contributed by atoms with Crippen molar-refractivity contribution in [3.8, 4) is 0 Å². The van der Waals surface area contributed by atoms with Gasteiger partial charge in [-0.25, -0.2) is 8.42 Å². The summed E-state index contributed by atoms with van der Waals surface area (Å²) in [5.74, 6) is 0. The number of rotatable bonds is 3. The average Bonchev–Trinajstić information content (AvgIpc) is 2.55. The van der Waals surface area contributed by atoms with Crippen LogP contribution in [0.5, 0.6) is 0 Å². The summed E-state index contributed by atoms with van der Waals surface area (Å²) in [6.07, 6.45) is 1.46. The molecule has 4 nitrogen and oxygen atoms in total. The maximum Gasteiger partial charge on any atom is 0.266 e. The summed E-state index contributed by atoms with van der Waals surface area (Å²) >= 11 is 5.39. The van der Waals surface area contributed by atoms with E-state index in [9.17, 15) is 8.42 Å². The van der Waals surface area contributed by atoms with Crippen molar-refractivity contribution in [3.05, 3.63) is 65.3 Å². The molecule has 0 unspecified atom stereocenters. The summed E-state index contributed by atoms with van der Waals surface area (Å²) in [7, 11) is -2.19. The Morgan fingerprint density at radius 1 is 1.00 bits per heavy atom. The quantitative estimate of drug-likeness (QED) is 0.745. The third kappa shape index (κ3) is 2.40. The summed E-state index contributed by atoms with van der Waals surface area (Å²) < 4.78 is 27.2. The maximum atomic E-state index is 12.8. The average molecular weight is 330 g/mol. The monoisotopic (exact) mass is 330 g/mol. The molecule has 22 heavy (non-hydrogen) atoms. The third-order valence-electron chi connectivity index (χ3n) is 3.51. The molecule has 112 valence electrons. The minimum absolute atomic E-state index is 0.104. The summed E-state index contributed by atoms with van der Waals surface area (Å²) in [6.45, 7) is 0. The van der Waals surface area contributed by atoms with Gasteiger partial charge < -0.3 is 4.98 Å². The molecule has 0 radical (unpaired) electrons. The fraction of sp³-hybridized carbons (Fsp3) is 0.0625. The Bertz CT molecular complexity index is 980. The lowest BCUT2D eigenvalue weighted by Gasteiger charge is -2.19. The Morgan fingerprint density at radius 3 is 2.36 bits per heavy atom.